The number of amides is 1. The fraction of sp³-hybridized carbons (Fsp3) is 0.176. The van der Waals surface area contributed by atoms with E-state index in [1.54, 1.807) is 11.4 Å². The minimum absolute atomic E-state index is 0.0979. The van der Waals surface area contributed by atoms with E-state index < -0.39 is 17.7 Å². The Hall–Kier alpha value is -2.87. The van der Waals surface area contributed by atoms with Crippen molar-refractivity contribution in [2.45, 2.75) is 13.8 Å². The van der Waals surface area contributed by atoms with Crippen LogP contribution >= 0.6 is 11.3 Å². The summed E-state index contributed by atoms with van der Waals surface area (Å²) in [5.74, 6) is -1.88. The number of hydrogen-bond donors (Lipinski definition) is 0. The van der Waals surface area contributed by atoms with Crippen LogP contribution < -0.4 is 4.90 Å². The molecule has 0 aliphatic heterocycles. The van der Waals surface area contributed by atoms with Crippen molar-refractivity contribution in [3.8, 4) is 0 Å². The molecule has 25 heavy (non-hydrogen) atoms. The minimum Gasteiger partial charge on any atom is -0.455 e. The van der Waals surface area contributed by atoms with E-state index in [0.29, 0.717) is 5.69 Å². The van der Waals surface area contributed by atoms with Crippen LogP contribution in [0.1, 0.15) is 19.5 Å². The van der Waals surface area contributed by atoms with Gasteiger partial charge in [-0.3, -0.25) is 14.5 Å². The number of esters is 1. The summed E-state index contributed by atoms with van der Waals surface area (Å²) in [6, 6.07) is 5.88. The lowest BCUT2D eigenvalue weighted by molar-refractivity contribution is -0.142. The van der Waals surface area contributed by atoms with Gasteiger partial charge in [0.05, 0.1) is 11.4 Å². The molecule has 0 unspecified atom stereocenters. The lowest BCUT2D eigenvalue weighted by Crippen LogP contribution is -2.23. The summed E-state index contributed by atoms with van der Waals surface area (Å²) in [7, 11) is 0. The summed E-state index contributed by atoms with van der Waals surface area (Å²) in [4.78, 5) is 39.5. The maximum absolute atomic E-state index is 14.0. The Balaban J connectivity index is 2.18. The van der Waals surface area contributed by atoms with Crippen molar-refractivity contribution >= 4 is 45.9 Å². The summed E-state index contributed by atoms with van der Waals surface area (Å²) in [6.07, 6.45) is 2.52. The van der Waals surface area contributed by atoms with Crippen molar-refractivity contribution in [3.05, 3.63) is 47.2 Å². The molecule has 6 nitrogen and oxygen atoms in total. The third-order valence-corrected chi connectivity index (χ3v) is 3.76. The number of benzene rings is 1. The standard InChI is InChI=1S/C17H15FN2O4S/c1-11(21)9-24-16(23)8-7-13-10-25-17(19-13)20(12(2)22)15-6-4-3-5-14(15)18/h3-8,10H,9H2,1-2H3/b8-7+. The van der Waals surface area contributed by atoms with Crippen LogP contribution in [-0.4, -0.2) is 29.3 Å². The van der Waals surface area contributed by atoms with Crippen molar-refractivity contribution < 1.29 is 23.5 Å². The van der Waals surface area contributed by atoms with Gasteiger partial charge >= 0.3 is 5.97 Å². The zero-order chi connectivity index (χ0) is 18.4. The number of nitrogens with zero attached hydrogens (tertiary/aromatic N) is 2. The number of ketones is 1. The molecular weight excluding hydrogens is 347 g/mol. The number of carbonyl (C=O) groups excluding carboxylic acids is 3. The Labute approximate surface area is 147 Å². The second-order valence-corrected chi connectivity index (χ2v) is 5.84. The molecule has 2 aromatic rings. The molecule has 0 spiro atoms. The quantitative estimate of drug-likeness (QED) is 0.583. The number of halogens is 1. The second kappa shape index (κ2) is 8.29. The van der Waals surface area contributed by atoms with E-state index in [4.69, 9.17) is 0 Å². The van der Waals surface area contributed by atoms with Gasteiger partial charge in [-0.25, -0.2) is 14.2 Å². The molecule has 1 aromatic heterocycles. The molecule has 0 saturated heterocycles. The third-order valence-electron chi connectivity index (χ3n) is 2.92. The molecule has 1 aromatic carbocycles. The van der Waals surface area contributed by atoms with Gasteiger partial charge in [0, 0.05) is 18.4 Å². The molecule has 0 bridgehead atoms. The molecule has 0 aliphatic rings. The summed E-state index contributed by atoms with van der Waals surface area (Å²) in [6.45, 7) is 2.32. The maximum Gasteiger partial charge on any atom is 0.331 e. The fourth-order valence-corrected chi connectivity index (χ4v) is 2.72. The van der Waals surface area contributed by atoms with Gasteiger partial charge in [-0.05, 0) is 25.1 Å². The summed E-state index contributed by atoms with van der Waals surface area (Å²) >= 11 is 1.13. The van der Waals surface area contributed by atoms with Crippen LogP contribution in [0.2, 0.25) is 0 Å². The highest BCUT2D eigenvalue weighted by Crippen LogP contribution is 2.30. The number of thiazole rings is 1. The molecule has 0 radical (unpaired) electrons. The van der Waals surface area contributed by atoms with E-state index >= 15 is 0 Å². The number of rotatable bonds is 6. The first kappa shape index (κ1) is 18.5. The molecule has 0 N–H and O–H groups in total. The highest BCUT2D eigenvalue weighted by Gasteiger charge is 2.20. The Kier molecular flexibility index (Phi) is 6.13. The maximum atomic E-state index is 14.0. The van der Waals surface area contributed by atoms with Crippen molar-refractivity contribution in [1.29, 1.82) is 0 Å². The Morgan fingerprint density at radius 3 is 2.64 bits per heavy atom. The first-order valence-electron chi connectivity index (χ1n) is 7.23. The molecule has 0 atom stereocenters. The summed E-state index contributed by atoms with van der Waals surface area (Å²) in [5, 5.41) is 1.88. The zero-order valence-corrected chi connectivity index (χ0v) is 14.4. The number of anilines is 2. The van der Waals surface area contributed by atoms with Crippen molar-refractivity contribution in [1.82, 2.24) is 4.98 Å². The molecule has 1 amide bonds. The van der Waals surface area contributed by atoms with Gasteiger partial charge < -0.3 is 4.74 Å². The van der Waals surface area contributed by atoms with Crippen LogP contribution in [0.15, 0.2) is 35.7 Å². The molecule has 0 aliphatic carbocycles. The largest absolute Gasteiger partial charge is 0.455 e. The average Bonchev–Trinajstić information content (AvgIpc) is 3.01. The fourth-order valence-electron chi connectivity index (χ4n) is 1.87. The van der Waals surface area contributed by atoms with Gasteiger partial charge in [0.1, 0.15) is 12.4 Å². The van der Waals surface area contributed by atoms with Gasteiger partial charge in [-0.2, -0.15) is 0 Å². The van der Waals surface area contributed by atoms with Crippen LogP contribution in [0, 0.1) is 5.82 Å². The highest BCUT2D eigenvalue weighted by molar-refractivity contribution is 7.14. The molecule has 2 rings (SSSR count). The van der Waals surface area contributed by atoms with Gasteiger partial charge in [0.25, 0.3) is 0 Å². The monoisotopic (exact) mass is 362 g/mol. The van der Waals surface area contributed by atoms with Crippen molar-refractivity contribution in [2.75, 3.05) is 11.5 Å². The van der Waals surface area contributed by atoms with Crippen LogP contribution in [-0.2, 0) is 19.1 Å². The van der Waals surface area contributed by atoms with Crippen LogP contribution in [0.3, 0.4) is 0 Å². The topological polar surface area (TPSA) is 76.6 Å². The lowest BCUT2D eigenvalue weighted by atomic mass is 10.3. The number of ether oxygens (including phenoxy) is 1. The van der Waals surface area contributed by atoms with Gasteiger partial charge in [0.15, 0.2) is 10.9 Å². The molecular formula is C17H15FN2O4S. The lowest BCUT2D eigenvalue weighted by Gasteiger charge is -2.18. The first-order valence-corrected chi connectivity index (χ1v) is 8.11. The van der Waals surface area contributed by atoms with Crippen LogP contribution in [0.5, 0.6) is 0 Å². The molecule has 0 fully saturated rings. The summed E-state index contributed by atoms with van der Waals surface area (Å²) < 4.78 is 18.7. The number of para-hydroxylation sites is 1. The molecule has 8 heteroatoms. The van der Waals surface area contributed by atoms with E-state index in [0.717, 1.165) is 22.3 Å². The Bertz CT molecular complexity index is 832. The predicted octanol–water partition coefficient (Wildman–Crippen LogP) is 3.11. The van der Waals surface area contributed by atoms with Gasteiger partial charge in [-0.15, -0.1) is 11.3 Å². The van der Waals surface area contributed by atoms with Crippen molar-refractivity contribution in [2.24, 2.45) is 0 Å². The van der Waals surface area contributed by atoms with Crippen molar-refractivity contribution in [3.63, 3.8) is 0 Å². The third kappa shape index (κ3) is 5.05. The van der Waals surface area contributed by atoms with E-state index in [-0.39, 0.29) is 23.2 Å². The number of Topliss-reactive ketones (excluding diaryl/α,β-unsaturated/α-hetero) is 1. The summed E-state index contributed by atoms with van der Waals surface area (Å²) in [5.41, 5.74) is 0.503. The van der Waals surface area contributed by atoms with E-state index in [2.05, 4.69) is 9.72 Å². The average molecular weight is 362 g/mol. The highest BCUT2D eigenvalue weighted by atomic mass is 32.1. The predicted molar refractivity (Wildman–Crippen MR) is 92.0 cm³/mol. The first-order chi connectivity index (χ1) is 11.9. The molecule has 130 valence electrons. The Morgan fingerprint density at radius 2 is 2.00 bits per heavy atom. The van der Waals surface area contributed by atoms with Gasteiger partial charge in [-0.1, -0.05) is 12.1 Å². The second-order valence-electron chi connectivity index (χ2n) is 5.00. The molecule has 1 heterocycles. The zero-order valence-electron chi connectivity index (χ0n) is 13.6. The smallest absolute Gasteiger partial charge is 0.331 e. The van der Waals surface area contributed by atoms with E-state index in [1.807, 2.05) is 0 Å². The van der Waals surface area contributed by atoms with Crippen LogP contribution in [0.4, 0.5) is 15.2 Å². The van der Waals surface area contributed by atoms with Crippen LogP contribution in [0.25, 0.3) is 6.08 Å². The number of aromatic nitrogens is 1. The van der Waals surface area contributed by atoms with E-state index in [1.165, 1.54) is 38.1 Å². The number of carbonyl (C=O) groups is 3. The minimum atomic E-state index is -0.678. The normalized spacial score (nSPS) is 10.7. The van der Waals surface area contributed by atoms with Gasteiger partial charge in [0.2, 0.25) is 5.91 Å². The van der Waals surface area contributed by atoms with E-state index in [9.17, 15) is 18.8 Å². The molecule has 0 saturated carbocycles. The number of hydrogen-bond acceptors (Lipinski definition) is 6. The Morgan fingerprint density at radius 1 is 1.28 bits per heavy atom. The SMILES string of the molecule is CC(=O)COC(=O)/C=C/c1csc(N(C(C)=O)c2ccccc2F)n1.